The first-order valence-electron chi connectivity index (χ1n) is 11.1. The molecule has 1 N–H and O–H groups in total. The summed E-state index contributed by atoms with van der Waals surface area (Å²) in [5, 5.41) is 3.24. The Morgan fingerprint density at radius 2 is 1.94 bits per heavy atom. The Kier molecular flexibility index (Phi) is 6.73. The van der Waals surface area contributed by atoms with Crippen molar-refractivity contribution < 1.29 is 17.9 Å². The topological polar surface area (TPSA) is 56.1 Å². The van der Waals surface area contributed by atoms with Gasteiger partial charge in [-0.2, -0.15) is 13.2 Å². The molecule has 1 unspecified atom stereocenters. The highest BCUT2D eigenvalue weighted by Gasteiger charge is 2.34. The highest BCUT2D eigenvalue weighted by atomic mass is 35.5. The van der Waals surface area contributed by atoms with E-state index >= 15 is 0 Å². The molecular formula is C25H25ClF3N3O2. The molecule has 2 aromatic carbocycles. The fourth-order valence-corrected chi connectivity index (χ4v) is 4.72. The molecule has 180 valence electrons. The van der Waals surface area contributed by atoms with Crippen LogP contribution in [0.2, 0.25) is 5.02 Å². The lowest BCUT2D eigenvalue weighted by Crippen LogP contribution is -2.32. The van der Waals surface area contributed by atoms with Gasteiger partial charge in [-0.1, -0.05) is 35.9 Å². The van der Waals surface area contributed by atoms with Crippen LogP contribution < -0.4 is 10.9 Å². The summed E-state index contributed by atoms with van der Waals surface area (Å²) in [4.78, 5) is 18.1. The summed E-state index contributed by atoms with van der Waals surface area (Å²) in [6, 6.07) is 10.8. The molecule has 1 aromatic heterocycles. The lowest BCUT2D eigenvalue weighted by atomic mass is 10.1. The number of nitrogens with zero attached hydrogens (tertiary/aromatic N) is 2. The molecule has 0 saturated carbocycles. The first-order chi connectivity index (χ1) is 16.2. The van der Waals surface area contributed by atoms with Gasteiger partial charge in [-0.3, -0.25) is 9.36 Å². The Morgan fingerprint density at radius 1 is 1.21 bits per heavy atom. The molecule has 1 heterocycles. The van der Waals surface area contributed by atoms with Crippen molar-refractivity contribution in [3.8, 4) is 11.4 Å². The lowest BCUT2D eigenvalue weighted by Gasteiger charge is -2.24. The molecule has 4 rings (SSSR count). The molecule has 0 spiro atoms. The standard InChI is InChI=1S/C25H25ClF3N3O2/c1-4-32-23(18-11-10-16(13-19(18)26)25(27,28)29)30-14(3)21(24(32)33)31-22-17-9-7-6-8-15(17)12-20(22)34-5-2/h6-11,13,20,22,31H,4-5,12H2,1-3H3/t20-,22?/m0/s1. The SMILES string of the molecule is CCO[C@H]1Cc2ccccc2C1Nc1c(C)nc(-c2ccc(C(F)(F)F)cc2Cl)n(CC)c1=O. The zero-order chi connectivity index (χ0) is 24.6. The van der Waals surface area contributed by atoms with Gasteiger partial charge < -0.3 is 10.1 Å². The van der Waals surface area contributed by atoms with Gasteiger partial charge in [0.25, 0.3) is 5.56 Å². The van der Waals surface area contributed by atoms with Crippen LogP contribution in [0, 0.1) is 6.92 Å². The van der Waals surface area contributed by atoms with Crippen molar-refractivity contribution in [2.75, 3.05) is 11.9 Å². The molecule has 1 aliphatic rings. The summed E-state index contributed by atoms with van der Waals surface area (Å²) in [6.07, 6.45) is -3.92. The maximum atomic E-state index is 13.5. The highest BCUT2D eigenvalue weighted by Crippen LogP contribution is 2.37. The minimum Gasteiger partial charge on any atom is -0.376 e. The molecule has 2 atom stereocenters. The van der Waals surface area contributed by atoms with Crippen molar-refractivity contribution in [1.82, 2.24) is 9.55 Å². The number of anilines is 1. The van der Waals surface area contributed by atoms with Crippen LogP contribution in [-0.4, -0.2) is 22.3 Å². The van der Waals surface area contributed by atoms with Crippen LogP contribution in [0.25, 0.3) is 11.4 Å². The van der Waals surface area contributed by atoms with Gasteiger partial charge in [0.15, 0.2) is 0 Å². The quantitative estimate of drug-likeness (QED) is 0.457. The van der Waals surface area contributed by atoms with E-state index in [1.54, 1.807) is 13.8 Å². The van der Waals surface area contributed by atoms with Crippen LogP contribution in [0.1, 0.15) is 42.3 Å². The van der Waals surface area contributed by atoms with Crippen molar-refractivity contribution in [2.45, 2.75) is 52.1 Å². The molecule has 3 aromatic rings. The first-order valence-corrected chi connectivity index (χ1v) is 11.5. The molecule has 0 radical (unpaired) electrons. The van der Waals surface area contributed by atoms with Crippen molar-refractivity contribution in [1.29, 1.82) is 0 Å². The molecule has 0 aliphatic heterocycles. The zero-order valence-corrected chi connectivity index (χ0v) is 19.8. The molecule has 9 heteroatoms. The number of benzene rings is 2. The van der Waals surface area contributed by atoms with E-state index in [4.69, 9.17) is 16.3 Å². The van der Waals surface area contributed by atoms with Gasteiger partial charge in [-0.15, -0.1) is 0 Å². The fourth-order valence-electron chi connectivity index (χ4n) is 4.45. The van der Waals surface area contributed by atoms with Crippen molar-refractivity contribution >= 4 is 17.3 Å². The van der Waals surface area contributed by atoms with Crippen LogP contribution in [0.3, 0.4) is 0 Å². The van der Waals surface area contributed by atoms with E-state index in [-0.39, 0.29) is 40.7 Å². The predicted molar refractivity (Wildman–Crippen MR) is 126 cm³/mol. The summed E-state index contributed by atoms with van der Waals surface area (Å²) in [5.41, 5.74) is 2.08. The first kappa shape index (κ1) is 24.3. The Morgan fingerprint density at radius 3 is 2.59 bits per heavy atom. The van der Waals surface area contributed by atoms with E-state index in [9.17, 15) is 18.0 Å². The number of nitrogens with one attached hydrogen (secondary N) is 1. The van der Waals surface area contributed by atoms with E-state index in [1.165, 1.54) is 10.6 Å². The number of aryl methyl sites for hydroxylation is 1. The zero-order valence-electron chi connectivity index (χ0n) is 19.0. The van der Waals surface area contributed by atoms with Crippen molar-refractivity contribution in [2.24, 2.45) is 0 Å². The molecule has 5 nitrogen and oxygen atoms in total. The molecule has 0 fully saturated rings. The molecular weight excluding hydrogens is 467 g/mol. The second-order valence-electron chi connectivity index (χ2n) is 8.16. The maximum Gasteiger partial charge on any atom is 0.416 e. The average molecular weight is 492 g/mol. The van der Waals surface area contributed by atoms with Gasteiger partial charge in [0, 0.05) is 25.1 Å². The van der Waals surface area contributed by atoms with Gasteiger partial charge in [0.2, 0.25) is 0 Å². The van der Waals surface area contributed by atoms with E-state index < -0.39 is 11.7 Å². The Labute approximate surface area is 200 Å². The summed E-state index contributed by atoms with van der Waals surface area (Å²) in [5.74, 6) is 0.224. The fraction of sp³-hybridized carbons (Fsp3) is 0.360. The van der Waals surface area contributed by atoms with Gasteiger partial charge in [0.1, 0.15) is 11.5 Å². The Balaban J connectivity index is 1.77. The number of fused-ring (bicyclic) bond motifs is 1. The van der Waals surface area contributed by atoms with Crippen LogP contribution in [0.15, 0.2) is 47.3 Å². The average Bonchev–Trinajstić information content (AvgIpc) is 3.13. The van der Waals surface area contributed by atoms with Crippen LogP contribution in [-0.2, 0) is 23.9 Å². The van der Waals surface area contributed by atoms with E-state index in [0.717, 1.165) is 29.7 Å². The van der Waals surface area contributed by atoms with Gasteiger partial charge in [-0.05, 0) is 50.1 Å². The van der Waals surface area contributed by atoms with Crippen molar-refractivity contribution in [3.63, 3.8) is 0 Å². The number of rotatable bonds is 6. The van der Waals surface area contributed by atoms with E-state index in [0.29, 0.717) is 18.0 Å². The Bertz CT molecular complexity index is 1270. The molecule has 0 saturated heterocycles. The van der Waals surface area contributed by atoms with Crippen LogP contribution >= 0.6 is 11.6 Å². The summed E-state index contributed by atoms with van der Waals surface area (Å²) >= 11 is 6.20. The molecule has 1 aliphatic carbocycles. The minimum atomic E-state index is -4.52. The highest BCUT2D eigenvalue weighted by molar-refractivity contribution is 6.33. The summed E-state index contributed by atoms with van der Waals surface area (Å²) in [7, 11) is 0. The van der Waals surface area contributed by atoms with E-state index in [1.807, 2.05) is 31.2 Å². The predicted octanol–water partition coefficient (Wildman–Crippen LogP) is 6.03. The second kappa shape index (κ2) is 9.43. The summed E-state index contributed by atoms with van der Waals surface area (Å²) in [6.45, 7) is 6.21. The second-order valence-corrected chi connectivity index (χ2v) is 8.56. The van der Waals surface area contributed by atoms with Crippen molar-refractivity contribution in [3.05, 3.63) is 80.2 Å². The van der Waals surface area contributed by atoms with Gasteiger partial charge >= 0.3 is 6.18 Å². The Hall–Kier alpha value is -2.84. The summed E-state index contributed by atoms with van der Waals surface area (Å²) < 4.78 is 46.6. The van der Waals surface area contributed by atoms with Crippen LogP contribution in [0.5, 0.6) is 0 Å². The normalized spacial score (nSPS) is 17.6. The minimum absolute atomic E-state index is 0.120. The number of hydrogen-bond donors (Lipinski definition) is 1. The van der Waals surface area contributed by atoms with Gasteiger partial charge in [-0.25, -0.2) is 4.98 Å². The molecule has 0 bridgehead atoms. The monoisotopic (exact) mass is 491 g/mol. The van der Waals surface area contributed by atoms with Gasteiger partial charge in [0.05, 0.1) is 28.4 Å². The number of aromatic nitrogens is 2. The smallest absolute Gasteiger partial charge is 0.376 e. The van der Waals surface area contributed by atoms with E-state index in [2.05, 4.69) is 10.3 Å². The number of ether oxygens (including phenoxy) is 1. The number of alkyl halides is 3. The third-order valence-electron chi connectivity index (χ3n) is 6.07. The van der Waals surface area contributed by atoms with Crippen LogP contribution in [0.4, 0.5) is 18.9 Å². The molecule has 0 amide bonds. The number of hydrogen-bond acceptors (Lipinski definition) is 4. The largest absolute Gasteiger partial charge is 0.416 e. The maximum absolute atomic E-state index is 13.5. The molecule has 34 heavy (non-hydrogen) atoms. The number of halogens is 4. The third-order valence-corrected chi connectivity index (χ3v) is 6.38. The lowest BCUT2D eigenvalue weighted by molar-refractivity contribution is -0.137. The third kappa shape index (κ3) is 4.44.